The molecule has 3 fully saturated rings. The zero-order chi connectivity index (χ0) is 19.5. The number of ether oxygens (including phenoxy) is 1. The number of rotatable bonds is 4. The molecular weight excluding hydrogens is 342 g/mol. The standard InChI is InChI=1S/C21H37N3O3/c1-16(2)13-24-14-17(22-19(26)20(3)7-5-4-6-8-20)18(25)23-21(15-24)9-11-27-12-10-21/h16-17H,4-15H2,1-3H3,(H,22,26)(H,23,25). The number of nitrogens with zero attached hydrogens (tertiary/aromatic N) is 1. The summed E-state index contributed by atoms with van der Waals surface area (Å²) in [4.78, 5) is 28.4. The fraction of sp³-hybridized carbons (Fsp3) is 0.905. The van der Waals surface area contributed by atoms with Gasteiger partial charge < -0.3 is 15.4 Å². The molecule has 2 saturated heterocycles. The van der Waals surface area contributed by atoms with Gasteiger partial charge in [0.1, 0.15) is 6.04 Å². The molecule has 0 aromatic carbocycles. The first-order valence-electron chi connectivity index (χ1n) is 10.8. The Morgan fingerprint density at radius 3 is 2.52 bits per heavy atom. The average Bonchev–Trinajstić information content (AvgIpc) is 2.72. The second-order valence-corrected chi connectivity index (χ2v) is 9.62. The lowest BCUT2D eigenvalue weighted by Gasteiger charge is -2.39. The number of hydrogen-bond donors (Lipinski definition) is 2. The van der Waals surface area contributed by atoms with Crippen molar-refractivity contribution in [2.75, 3.05) is 32.8 Å². The van der Waals surface area contributed by atoms with Gasteiger partial charge >= 0.3 is 0 Å². The number of nitrogens with one attached hydrogen (secondary N) is 2. The molecule has 1 atom stereocenters. The SMILES string of the molecule is CC(C)CN1CC(NC(=O)C2(C)CCCCC2)C(=O)NC2(CCOCC2)C1. The molecule has 1 saturated carbocycles. The van der Waals surface area contributed by atoms with E-state index in [1.807, 2.05) is 0 Å². The van der Waals surface area contributed by atoms with Crippen LogP contribution in [0.4, 0.5) is 0 Å². The van der Waals surface area contributed by atoms with Gasteiger partial charge in [-0.3, -0.25) is 14.5 Å². The van der Waals surface area contributed by atoms with Crippen LogP contribution in [0.15, 0.2) is 0 Å². The van der Waals surface area contributed by atoms with Gasteiger partial charge in [-0.15, -0.1) is 0 Å². The summed E-state index contributed by atoms with van der Waals surface area (Å²) in [5, 5.41) is 6.41. The van der Waals surface area contributed by atoms with Crippen molar-refractivity contribution in [1.82, 2.24) is 15.5 Å². The quantitative estimate of drug-likeness (QED) is 0.785. The molecular formula is C21H37N3O3. The molecule has 27 heavy (non-hydrogen) atoms. The monoisotopic (exact) mass is 379 g/mol. The third-order valence-electron chi connectivity index (χ3n) is 6.56. The highest BCUT2D eigenvalue weighted by Gasteiger charge is 2.43. The van der Waals surface area contributed by atoms with Gasteiger partial charge in [-0.05, 0) is 31.6 Å². The molecule has 154 valence electrons. The van der Waals surface area contributed by atoms with E-state index in [-0.39, 0.29) is 22.8 Å². The van der Waals surface area contributed by atoms with Gasteiger partial charge in [0.25, 0.3) is 0 Å². The van der Waals surface area contributed by atoms with Crippen molar-refractivity contribution < 1.29 is 14.3 Å². The Labute approximate surface area is 163 Å². The molecule has 0 aromatic heterocycles. The largest absolute Gasteiger partial charge is 0.381 e. The summed E-state index contributed by atoms with van der Waals surface area (Å²) in [5.41, 5.74) is -0.553. The first-order valence-corrected chi connectivity index (χ1v) is 10.8. The van der Waals surface area contributed by atoms with Crippen molar-refractivity contribution in [1.29, 1.82) is 0 Å². The summed E-state index contributed by atoms with van der Waals surface area (Å²) in [7, 11) is 0. The Morgan fingerprint density at radius 2 is 1.89 bits per heavy atom. The summed E-state index contributed by atoms with van der Waals surface area (Å²) >= 11 is 0. The van der Waals surface area contributed by atoms with E-state index in [0.717, 1.165) is 51.6 Å². The van der Waals surface area contributed by atoms with Crippen LogP contribution < -0.4 is 10.6 Å². The third kappa shape index (κ3) is 5.02. The van der Waals surface area contributed by atoms with Crippen LogP contribution in [0.5, 0.6) is 0 Å². The van der Waals surface area contributed by atoms with Gasteiger partial charge in [-0.25, -0.2) is 0 Å². The number of carbonyl (C=O) groups is 2. The highest BCUT2D eigenvalue weighted by molar-refractivity contribution is 5.90. The first kappa shape index (κ1) is 20.6. The predicted octanol–water partition coefficient (Wildman–Crippen LogP) is 2.08. The molecule has 3 rings (SSSR count). The van der Waals surface area contributed by atoms with Crippen molar-refractivity contribution in [3.8, 4) is 0 Å². The molecule has 6 nitrogen and oxygen atoms in total. The van der Waals surface area contributed by atoms with E-state index in [0.29, 0.717) is 25.7 Å². The van der Waals surface area contributed by atoms with Gasteiger partial charge in [-0.1, -0.05) is 40.0 Å². The molecule has 0 aromatic rings. The van der Waals surface area contributed by atoms with Crippen LogP contribution in [-0.4, -0.2) is 61.1 Å². The fourth-order valence-electron chi connectivity index (χ4n) is 4.93. The number of hydrogen-bond acceptors (Lipinski definition) is 4. The van der Waals surface area contributed by atoms with Crippen LogP contribution in [0, 0.1) is 11.3 Å². The molecule has 6 heteroatoms. The summed E-state index contributed by atoms with van der Waals surface area (Å²) < 4.78 is 5.53. The zero-order valence-corrected chi connectivity index (χ0v) is 17.3. The molecule has 1 spiro atoms. The van der Waals surface area contributed by atoms with Crippen LogP contribution in [0.1, 0.15) is 65.7 Å². The minimum Gasteiger partial charge on any atom is -0.381 e. The molecule has 2 heterocycles. The van der Waals surface area contributed by atoms with E-state index in [2.05, 4.69) is 36.3 Å². The van der Waals surface area contributed by atoms with E-state index in [1.165, 1.54) is 6.42 Å². The summed E-state index contributed by atoms with van der Waals surface area (Å²) in [6.07, 6.45) is 6.93. The van der Waals surface area contributed by atoms with Crippen LogP contribution >= 0.6 is 0 Å². The lowest BCUT2D eigenvalue weighted by molar-refractivity contribution is -0.136. The molecule has 2 amide bonds. The Morgan fingerprint density at radius 1 is 1.22 bits per heavy atom. The molecule has 1 aliphatic carbocycles. The average molecular weight is 380 g/mol. The van der Waals surface area contributed by atoms with E-state index in [1.54, 1.807) is 0 Å². The number of carbonyl (C=O) groups excluding carboxylic acids is 2. The summed E-state index contributed by atoms with van der Waals surface area (Å²) in [5.74, 6) is 0.535. The maximum atomic E-state index is 13.0. The topological polar surface area (TPSA) is 70.7 Å². The maximum absolute atomic E-state index is 13.0. The highest BCUT2D eigenvalue weighted by Crippen LogP contribution is 2.36. The van der Waals surface area contributed by atoms with E-state index in [9.17, 15) is 9.59 Å². The van der Waals surface area contributed by atoms with Crippen molar-refractivity contribution in [3.63, 3.8) is 0 Å². The summed E-state index contributed by atoms with van der Waals surface area (Å²) in [6.45, 7) is 10.2. The Balaban J connectivity index is 1.73. The fourth-order valence-corrected chi connectivity index (χ4v) is 4.93. The third-order valence-corrected chi connectivity index (χ3v) is 6.56. The van der Waals surface area contributed by atoms with E-state index < -0.39 is 6.04 Å². The zero-order valence-electron chi connectivity index (χ0n) is 17.3. The van der Waals surface area contributed by atoms with Gasteiger partial charge in [0.15, 0.2) is 0 Å². The van der Waals surface area contributed by atoms with Crippen molar-refractivity contribution >= 4 is 11.8 Å². The van der Waals surface area contributed by atoms with Gasteiger partial charge in [-0.2, -0.15) is 0 Å². The smallest absolute Gasteiger partial charge is 0.244 e. The first-order chi connectivity index (χ1) is 12.8. The van der Waals surface area contributed by atoms with Crippen molar-refractivity contribution in [2.45, 2.75) is 77.3 Å². The lowest BCUT2D eigenvalue weighted by Crippen LogP contribution is -2.58. The van der Waals surface area contributed by atoms with Crippen LogP contribution in [-0.2, 0) is 14.3 Å². The Hall–Kier alpha value is -1.14. The van der Waals surface area contributed by atoms with Crippen LogP contribution in [0.3, 0.4) is 0 Å². The Kier molecular flexibility index (Phi) is 6.46. The molecule has 2 N–H and O–H groups in total. The number of amides is 2. The minimum atomic E-state index is -0.475. The second-order valence-electron chi connectivity index (χ2n) is 9.62. The Bertz CT molecular complexity index is 537. The summed E-state index contributed by atoms with van der Waals surface area (Å²) in [6, 6.07) is -0.475. The minimum absolute atomic E-state index is 0.0316. The van der Waals surface area contributed by atoms with E-state index >= 15 is 0 Å². The van der Waals surface area contributed by atoms with Crippen molar-refractivity contribution in [3.05, 3.63) is 0 Å². The normalized spacial score (nSPS) is 28.6. The lowest BCUT2D eigenvalue weighted by atomic mass is 9.75. The molecule has 0 bridgehead atoms. The molecule has 3 aliphatic rings. The molecule has 2 aliphatic heterocycles. The predicted molar refractivity (Wildman–Crippen MR) is 105 cm³/mol. The molecule has 0 radical (unpaired) electrons. The van der Waals surface area contributed by atoms with Gasteiger partial charge in [0, 0.05) is 38.3 Å². The highest BCUT2D eigenvalue weighted by atomic mass is 16.5. The van der Waals surface area contributed by atoms with Crippen LogP contribution in [0.25, 0.3) is 0 Å². The van der Waals surface area contributed by atoms with E-state index in [4.69, 9.17) is 4.74 Å². The van der Waals surface area contributed by atoms with Gasteiger partial charge in [0.05, 0.1) is 5.54 Å². The van der Waals surface area contributed by atoms with Crippen LogP contribution in [0.2, 0.25) is 0 Å². The van der Waals surface area contributed by atoms with Gasteiger partial charge in [0.2, 0.25) is 11.8 Å². The maximum Gasteiger partial charge on any atom is 0.244 e. The second kappa shape index (κ2) is 8.48. The van der Waals surface area contributed by atoms with Crippen molar-refractivity contribution in [2.24, 2.45) is 11.3 Å². The molecule has 1 unspecified atom stereocenters.